The summed E-state index contributed by atoms with van der Waals surface area (Å²) >= 11 is 0. The van der Waals surface area contributed by atoms with Crippen LogP contribution in [0.4, 0.5) is 5.69 Å². The minimum absolute atomic E-state index is 0.0582. The van der Waals surface area contributed by atoms with Crippen molar-refractivity contribution >= 4 is 5.69 Å². The predicted octanol–water partition coefficient (Wildman–Crippen LogP) is 0.553. The molecule has 0 radical (unpaired) electrons. The molecule has 0 saturated heterocycles. The number of anilines is 1. The molecule has 96 valence electrons. The van der Waals surface area contributed by atoms with Crippen LogP contribution in [-0.4, -0.2) is 37.0 Å². The lowest BCUT2D eigenvalue weighted by molar-refractivity contribution is 0.355. The van der Waals surface area contributed by atoms with Crippen LogP contribution in [0.25, 0.3) is 0 Å². The highest BCUT2D eigenvalue weighted by molar-refractivity contribution is 5.40. The number of rotatable bonds is 5. The fourth-order valence-corrected chi connectivity index (χ4v) is 1.63. The van der Waals surface area contributed by atoms with Gasteiger partial charge in [0.15, 0.2) is 0 Å². The number of nitrogens with zero attached hydrogens (tertiary/aromatic N) is 3. The molecule has 0 fully saturated rings. The molecule has 0 bridgehead atoms. The molecule has 5 nitrogen and oxygen atoms in total. The highest BCUT2D eigenvalue weighted by Gasteiger charge is 2.13. The Kier molecular flexibility index (Phi) is 4.69. The van der Waals surface area contributed by atoms with E-state index in [4.69, 9.17) is 0 Å². The van der Waals surface area contributed by atoms with Crippen molar-refractivity contribution in [3.8, 4) is 0 Å². The SMILES string of the molecule is CNC(Cn1ncc(N(C)C)cc1=O)C(C)C. The summed E-state index contributed by atoms with van der Waals surface area (Å²) in [6, 6.07) is 1.87. The number of nitrogens with one attached hydrogen (secondary N) is 1. The van der Waals surface area contributed by atoms with Crippen LogP contribution in [0.1, 0.15) is 13.8 Å². The van der Waals surface area contributed by atoms with Crippen molar-refractivity contribution in [1.82, 2.24) is 15.1 Å². The molecule has 1 unspecified atom stereocenters. The van der Waals surface area contributed by atoms with Crippen LogP contribution in [0.3, 0.4) is 0 Å². The van der Waals surface area contributed by atoms with Gasteiger partial charge < -0.3 is 10.2 Å². The van der Waals surface area contributed by atoms with Gasteiger partial charge >= 0.3 is 0 Å². The largest absolute Gasteiger partial charge is 0.376 e. The Balaban J connectivity index is 2.89. The Morgan fingerprint density at radius 2 is 2.12 bits per heavy atom. The van der Waals surface area contributed by atoms with Crippen molar-refractivity contribution in [2.24, 2.45) is 5.92 Å². The van der Waals surface area contributed by atoms with Crippen LogP contribution < -0.4 is 15.8 Å². The molecule has 5 heteroatoms. The minimum atomic E-state index is -0.0582. The number of hydrogen-bond donors (Lipinski definition) is 1. The Labute approximate surface area is 102 Å². The van der Waals surface area contributed by atoms with E-state index >= 15 is 0 Å². The van der Waals surface area contributed by atoms with Crippen LogP contribution in [0.15, 0.2) is 17.1 Å². The molecule has 0 aliphatic heterocycles. The van der Waals surface area contributed by atoms with E-state index in [1.165, 1.54) is 4.68 Å². The molecule has 0 saturated carbocycles. The molecule has 0 amide bonds. The van der Waals surface area contributed by atoms with Gasteiger partial charge in [0.25, 0.3) is 5.56 Å². The van der Waals surface area contributed by atoms with Gasteiger partial charge in [-0.05, 0) is 13.0 Å². The van der Waals surface area contributed by atoms with Gasteiger partial charge in [-0.3, -0.25) is 4.79 Å². The monoisotopic (exact) mass is 238 g/mol. The third-order valence-electron chi connectivity index (χ3n) is 2.92. The highest BCUT2D eigenvalue weighted by atomic mass is 16.1. The van der Waals surface area contributed by atoms with Crippen molar-refractivity contribution in [2.45, 2.75) is 26.4 Å². The summed E-state index contributed by atoms with van der Waals surface area (Å²) in [6.07, 6.45) is 1.72. The van der Waals surface area contributed by atoms with E-state index < -0.39 is 0 Å². The van der Waals surface area contributed by atoms with E-state index in [1.54, 1.807) is 12.3 Å². The number of aromatic nitrogens is 2. The van der Waals surface area contributed by atoms with Gasteiger partial charge in [-0.25, -0.2) is 4.68 Å². The quantitative estimate of drug-likeness (QED) is 0.814. The van der Waals surface area contributed by atoms with Crippen LogP contribution in [0.2, 0.25) is 0 Å². The van der Waals surface area contributed by atoms with Crippen molar-refractivity contribution in [1.29, 1.82) is 0 Å². The van der Waals surface area contributed by atoms with Gasteiger partial charge in [-0.2, -0.15) is 5.10 Å². The Bertz CT molecular complexity index is 411. The van der Waals surface area contributed by atoms with Crippen molar-refractivity contribution in [3.05, 3.63) is 22.6 Å². The van der Waals surface area contributed by atoms with Crippen molar-refractivity contribution in [2.75, 3.05) is 26.0 Å². The van der Waals surface area contributed by atoms with E-state index in [9.17, 15) is 4.79 Å². The first-order valence-electron chi connectivity index (χ1n) is 5.87. The molecule has 17 heavy (non-hydrogen) atoms. The van der Waals surface area contributed by atoms with Gasteiger partial charge in [-0.15, -0.1) is 0 Å². The van der Waals surface area contributed by atoms with Crippen LogP contribution >= 0.6 is 0 Å². The number of likely N-dealkylation sites (N-methyl/N-ethyl adjacent to an activating group) is 1. The van der Waals surface area contributed by atoms with Gasteiger partial charge in [0.2, 0.25) is 0 Å². The lowest BCUT2D eigenvalue weighted by Crippen LogP contribution is -2.39. The second kappa shape index (κ2) is 5.82. The van der Waals surface area contributed by atoms with E-state index in [0.717, 1.165) is 5.69 Å². The van der Waals surface area contributed by atoms with Crippen molar-refractivity contribution in [3.63, 3.8) is 0 Å². The van der Waals surface area contributed by atoms with E-state index in [0.29, 0.717) is 12.5 Å². The maximum absolute atomic E-state index is 11.9. The van der Waals surface area contributed by atoms with E-state index in [2.05, 4.69) is 24.3 Å². The fraction of sp³-hybridized carbons (Fsp3) is 0.667. The fourth-order valence-electron chi connectivity index (χ4n) is 1.63. The molecule has 0 aliphatic rings. The zero-order valence-electron chi connectivity index (χ0n) is 11.3. The van der Waals surface area contributed by atoms with Gasteiger partial charge in [0, 0.05) is 26.2 Å². The van der Waals surface area contributed by atoms with Crippen molar-refractivity contribution < 1.29 is 0 Å². The molecule has 1 N–H and O–H groups in total. The van der Waals surface area contributed by atoms with Gasteiger partial charge in [-0.1, -0.05) is 13.8 Å². The Morgan fingerprint density at radius 1 is 1.47 bits per heavy atom. The molecular weight excluding hydrogens is 216 g/mol. The summed E-state index contributed by atoms with van der Waals surface area (Å²) < 4.78 is 1.51. The van der Waals surface area contributed by atoms with Gasteiger partial charge in [0.05, 0.1) is 18.4 Å². The molecule has 1 heterocycles. The first-order chi connectivity index (χ1) is 7.95. The average molecular weight is 238 g/mol. The summed E-state index contributed by atoms with van der Waals surface area (Å²) in [7, 11) is 5.69. The molecule has 1 aromatic heterocycles. The second-order valence-electron chi connectivity index (χ2n) is 4.77. The topological polar surface area (TPSA) is 50.2 Å². The summed E-state index contributed by atoms with van der Waals surface area (Å²) in [6.45, 7) is 4.85. The third kappa shape index (κ3) is 3.56. The number of hydrogen-bond acceptors (Lipinski definition) is 4. The molecule has 0 aromatic carbocycles. The summed E-state index contributed by atoms with van der Waals surface area (Å²) in [5.41, 5.74) is 0.772. The van der Waals surface area contributed by atoms with Crippen LogP contribution in [0.5, 0.6) is 0 Å². The third-order valence-corrected chi connectivity index (χ3v) is 2.92. The minimum Gasteiger partial charge on any atom is -0.376 e. The summed E-state index contributed by atoms with van der Waals surface area (Å²) in [5, 5.41) is 7.40. The van der Waals surface area contributed by atoms with E-state index in [1.807, 2.05) is 26.0 Å². The highest BCUT2D eigenvalue weighted by Crippen LogP contribution is 2.05. The summed E-state index contributed by atoms with van der Waals surface area (Å²) in [5.74, 6) is 0.460. The first kappa shape index (κ1) is 13.7. The first-order valence-corrected chi connectivity index (χ1v) is 5.87. The maximum atomic E-state index is 11.9. The molecular formula is C12H22N4O. The van der Waals surface area contributed by atoms with Crippen LogP contribution in [0, 0.1) is 5.92 Å². The predicted molar refractivity (Wildman–Crippen MR) is 70.5 cm³/mol. The Hall–Kier alpha value is -1.36. The second-order valence-corrected chi connectivity index (χ2v) is 4.77. The Morgan fingerprint density at radius 3 is 2.53 bits per heavy atom. The van der Waals surface area contributed by atoms with E-state index in [-0.39, 0.29) is 11.6 Å². The van der Waals surface area contributed by atoms with Crippen LogP contribution in [-0.2, 0) is 6.54 Å². The lowest BCUT2D eigenvalue weighted by Gasteiger charge is -2.20. The molecule has 0 aliphatic carbocycles. The molecule has 1 aromatic rings. The average Bonchev–Trinajstić information content (AvgIpc) is 2.26. The zero-order chi connectivity index (χ0) is 13.0. The molecule has 1 atom stereocenters. The smallest absolute Gasteiger partial charge is 0.268 e. The summed E-state index contributed by atoms with van der Waals surface area (Å²) in [4.78, 5) is 13.7. The standard InChI is InChI=1S/C12H22N4O/c1-9(2)11(13-3)8-16-12(17)6-10(7-14-16)15(4)5/h6-7,9,11,13H,8H2,1-5H3. The molecule has 1 rings (SSSR count). The maximum Gasteiger partial charge on any atom is 0.268 e. The normalized spacial score (nSPS) is 12.8. The van der Waals surface area contributed by atoms with Gasteiger partial charge in [0.1, 0.15) is 0 Å². The molecule has 0 spiro atoms. The lowest BCUT2D eigenvalue weighted by atomic mass is 10.1. The zero-order valence-corrected chi connectivity index (χ0v) is 11.3.